The number of nitrogens with zero attached hydrogens (tertiary/aromatic N) is 2. The lowest BCUT2D eigenvalue weighted by Gasteiger charge is -2.06. The molecule has 0 atom stereocenters. The molecule has 1 aromatic carbocycles. The molecule has 5 heteroatoms. The summed E-state index contributed by atoms with van der Waals surface area (Å²) in [6, 6.07) is 9.82. The fourth-order valence-electron chi connectivity index (χ4n) is 1.58. The largest absolute Gasteiger partial charge is 0.351 e. The molecule has 0 aliphatic rings. The van der Waals surface area contributed by atoms with E-state index in [2.05, 4.69) is 20.6 Å². The Kier molecular flexibility index (Phi) is 5.01. The van der Waals surface area contributed by atoms with E-state index in [4.69, 9.17) is 0 Å². The molecule has 0 aliphatic heterocycles. The monoisotopic (exact) mass is 256 g/mol. The minimum absolute atomic E-state index is 0.0345. The topological polar surface area (TPSA) is 66.9 Å². The maximum atomic E-state index is 11.6. The van der Waals surface area contributed by atoms with Crippen LogP contribution in [0.1, 0.15) is 11.3 Å². The van der Waals surface area contributed by atoms with Crippen LogP contribution in [0, 0.1) is 0 Å². The van der Waals surface area contributed by atoms with Gasteiger partial charge >= 0.3 is 0 Å². The van der Waals surface area contributed by atoms with E-state index >= 15 is 0 Å². The van der Waals surface area contributed by atoms with Crippen LogP contribution >= 0.6 is 0 Å². The van der Waals surface area contributed by atoms with E-state index in [0.29, 0.717) is 13.1 Å². The normalized spacial score (nSPS) is 10.1. The molecule has 1 aromatic heterocycles. The highest BCUT2D eigenvalue weighted by Crippen LogP contribution is 1.96. The van der Waals surface area contributed by atoms with Crippen LogP contribution in [-0.2, 0) is 17.9 Å². The molecule has 0 saturated heterocycles. The first-order valence-corrected chi connectivity index (χ1v) is 6.11. The number of carbonyl (C=O) groups is 1. The number of benzene rings is 1. The number of carbonyl (C=O) groups excluding carboxylic acids is 1. The highest BCUT2D eigenvalue weighted by Gasteiger charge is 2.01. The molecule has 0 fully saturated rings. The minimum Gasteiger partial charge on any atom is -0.351 e. The highest BCUT2D eigenvalue weighted by molar-refractivity contribution is 5.77. The second kappa shape index (κ2) is 7.23. The highest BCUT2D eigenvalue weighted by atomic mass is 16.1. The standard InChI is InChI=1S/C14H16N4O/c19-14(18-8-12-4-2-1-3-5-12)11-16-10-13-9-15-6-7-17-13/h1-7,9,16H,8,10-11H2,(H,18,19). The Hall–Kier alpha value is -2.27. The van der Waals surface area contributed by atoms with Gasteiger partial charge in [-0.25, -0.2) is 0 Å². The summed E-state index contributed by atoms with van der Waals surface area (Å²) in [6.07, 6.45) is 4.93. The molecule has 19 heavy (non-hydrogen) atoms. The van der Waals surface area contributed by atoms with E-state index in [1.807, 2.05) is 30.3 Å². The molecule has 98 valence electrons. The van der Waals surface area contributed by atoms with Crippen LogP contribution in [0.2, 0.25) is 0 Å². The van der Waals surface area contributed by atoms with E-state index in [-0.39, 0.29) is 12.5 Å². The van der Waals surface area contributed by atoms with Gasteiger partial charge in [0.15, 0.2) is 0 Å². The molecule has 2 rings (SSSR count). The molecule has 0 saturated carbocycles. The van der Waals surface area contributed by atoms with Crippen molar-refractivity contribution in [3.05, 3.63) is 60.2 Å². The van der Waals surface area contributed by atoms with Crippen LogP contribution in [0.3, 0.4) is 0 Å². The lowest BCUT2D eigenvalue weighted by atomic mass is 10.2. The molecule has 5 nitrogen and oxygen atoms in total. The Labute approximate surface area is 112 Å². The third-order valence-corrected chi connectivity index (χ3v) is 2.54. The average molecular weight is 256 g/mol. The summed E-state index contributed by atoms with van der Waals surface area (Å²) in [5.41, 5.74) is 1.91. The lowest BCUT2D eigenvalue weighted by molar-refractivity contribution is -0.120. The van der Waals surface area contributed by atoms with Crippen LogP contribution in [0.25, 0.3) is 0 Å². The van der Waals surface area contributed by atoms with Gasteiger partial charge in [-0.15, -0.1) is 0 Å². The van der Waals surface area contributed by atoms with E-state index in [1.165, 1.54) is 0 Å². The number of hydrogen-bond donors (Lipinski definition) is 2. The van der Waals surface area contributed by atoms with Crippen molar-refractivity contribution in [3.8, 4) is 0 Å². The number of aromatic nitrogens is 2. The first-order chi connectivity index (χ1) is 9.34. The first kappa shape index (κ1) is 13.2. The fourth-order valence-corrected chi connectivity index (χ4v) is 1.58. The quantitative estimate of drug-likeness (QED) is 0.805. The predicted molar refractivity (Wildman–Crippen MR) is 72.0 cm³/mol. The zero-order valence-corrected chi connectivity index (χ0v) is 10.5. The van der Waals surface area contributed by atoms with Gasteiger partial charge in [-0.1, -0.05) is 30.3 Å². The zero-order valence-electron chi connectivity index (χ0n) is 10.5. The van der Waals surface area contributed by atoms with E-state index in [1.54, 1.807) is 18.6 Å². The van der Waals surface area contributed by atoms with Gasteiger partial charge in [-0.05, 0) is 5.56 Å². The van der Waals surface area contributed by atoms with E-state index in [0.717, 1.165) is 11.3 Å². The molecule has 0 unspecified atom stereocenters. The molecule has 0 aliphatic carbocycles. The number of hydrogen-bond acceptors (Lipinski definition) is 4. The average Bonchev–Trinajstić information content (AvgIpc) is 2.47. The summed E-state index contributed by atoms with van der Waals surface area (Å²) in [4.78, 5) is 19.7. The molecule has 2 N–H and O–H groups in total. The number of rotatable bonds is 6. The van der Waals surface area contributed by atoms with Gasteiger partial charge in [0, 0.05) is 31.7 Å². The number of amides is 1. The molecular weight excluding hydrogens is 240 g/mol. The summed E-state index contributed by atoms with van der Waals surface area (Å²) >= 11 is 0. The SMILES string of the molecule is O=C(CNCc1cnccn1)NCc1ccccc1. The van der Waals surface area contributed by atoms with Crippen molar-refractivity contribution in [2.75, 3.05) is 6.54 Å². The van der Waals surface area contributed by atoms with E-state index < -0.39 is 0 Å². The van der Waals surface area contributed by atoms with Crippen molar-refractivity contribution in [2.24, 2.45) is 0 Å². The summed E-state index contributed by atoms with van der Waals surface area (Å²) in [6.45, 7) is 1.35. The van der Waals surface area contributed by atoms with Crippen LogP contribution < -0.4 is 10.6 Å². The Morgan fingerprint density at radius 2 is 1.95 bits per heavy atom. The van der Waals surface area contributed by atoms with Crippen LogP contribution in [0.5, 0.6) is 0 Å². The molecular formula is C14H16N4O. The summed E-state index contributed by atoms with van der Waals surface area (Å²) in [5.74, 6) is -0.0345. The van der Waals surface area contributed by atoms with Crippen molar-refractivity contribution < 1.29 is 4.79 Å². The van der Waals surface area contributed by atoms with Gasteiger partial charge in [-0.3, -0.25) is 14.8 Å². The lowest BCUT2D eigenvalue weighted by Crippen LogP contribution is -2.33. The second-order valence-electron chi connectivity index (χ2n) is 4.06. The molecule has 1 amide bonds. The van der Waals surface area contributed by atoms with Crippen LogP contribution in [-0.4, -0.2) is 22.4 Å². The molecule has 1 heterocycles. The maximum Gasteiger partial charge on any atom is 0.234 e. The van der Waals surface area contributed by atoms with Gasteiger partial charge in [0.1, 0.15) is 0 Å². The van der Waals surface area contributed by atoms with Crippen LogP contribution in [0.4, 0.5) is 0 Å². The minimum atomic E-state index is -0.0345. The molecule has 0 radical (unpaired) electrons. The predicted octanol–water partition coefficient (Wildman–Crippen LogP) is 0.883. The van der Waals surface area contributed by atoms with Crippen molar-refractivity contribution in [2.45, 2.75) is 13.1 Å². The summed E-state index contributed by atoms with van der Waals surface area (Å²) in [5, 5.41) is 5.87. The van der Waals surface area contributed by atoms with Crippen molar-refractivity contribution >= 4 is 5.91 Å². The Balaban J connectivity index is 1.65. The van der Waals surface area contributed by atoms with Gasteiger partial charge in [0.05, 0.1) is 12.2 Å². The van der Waals surface area contributed by atoms with Gasteiger partial charge < -0.3 is 10.6 Å². The first-order valence-electron chi connectivity index (χ1n) is 6.11. The molecule has 0 bridgehead atoms. The Morgan fingerprint density at radius 1 is 1.11 bits per heavy atom. The third kappa shape index (κ3) is 4.85. The Morgan fingerprint density at radius 3 is 2.68 bits per heavy atom. The second-order valence-corrected chi connectivity index (χ2v) is 4.06. The number of nitrogens with one attached hydrogen (secondary N) is 2. The van der Waals surface area contributed by atoms with Crippen molar-refractivity contribution in [1.29, 1.82) is 0 Å². The molecule has 0 spiro atoms. The van der Waals surface area contributed by atoms with E-state index in [9.17, 15) is 4.79 Å². The van der Waals surface area contributed by atoms with Gasteiger partial charge in [0.2, 0.25) is 5.91 Å². The Bertz CT molecular complexity index is 501. The smallest absolute Gasteiger partial charge is 0.234 e. The van der Waals surface area contributed by atoms with Crippen LogP contribution in [0.15, 0.2) is 48.9 Å². The van der Waals surface area contributed by atoms with Gasteiger partial charge in [-0.2, -0.15) is 0 Å². The summed E-state index contributed by atoms with van der Waals surface area (Å²) in [7, 11) is 0. The van der Waals surface area contributed by atoms with Crippen molar-refractivity contribution in [1.82, 2.24) is 20.6 Å². The molecule has 2 aromatic rings. The zero-order chi connectivity index (χ0) is 13.3. The maximum absolute atomic E-state index is 11.6. The summed E-state index contributed by atoms with van der Waals surface area (Å²) < 4.78 is 0. The third-order valence-electron chi connectivity index (χ3n) is 2.54. The van der Waals surface area contributed by atoms with Gasteiger partial charge in [0.25, 0.3) is 0 Å². The fraction of sp³-hybridized carbons (Fsp3) is 0.214. The van der Waals surface area contributed by atoms with Crippen molar-refractivity contribution in [3.63, 3.8) is 0 Å².